The number of carbonyl (C=O) groups is 1. The number of aliphatic hydroxyl groups excluding tert-OH is 1. The second kappa shape index (κ2) is 10.1. The van der Waals surface area contributed by atoms with Gasteiger partial charge in [-0.2, -0.15) is 0 Å². The third kappa shape index (κ3) is 7.82. The van der Waals surface area contributed by atoms with Crippen LogP contribution >= 0.6 is 0 Å². The highest BCUT2D eigenvalue weighted by Gasteiger charge is 2.29. The summed E-state index contributed by atoms with van der Waals surface area (Å²) in [7, 11) is 2.05. The fourth-order valence-electron chi connectivity index (χ4n) is 2.06. The van der Waals surface area contributed by atoms with Gasteiger partial charge in [-0.05, 0) is 13.3 Å². The number of quaternary nitrogens is 1. The van der Waals surface area contributed by atoms with Crippen molar-refractivity contribution >= 4 is 5.97 Å². The van der Waals surface area contributed by atoms with Crippen LogP contribution in [-0.2, 0) is 14.3 Å². The van der Waals surface area contributed by atoms with Crippen LogP contribution in [-0.4, -0.2) is 67.7 Å². The molecule has 0 aromatic rings. The molecular weight excluding hydrogens is 258 g/mol. The van der Waals surface area contributed by atoms with E-state index >= 15 is 0 Å². The molecular formula is C15H32NO4+. The first kappa shape index (κ1) is 19.4. The van der Waals surface area contributed by atoms with Crippen LogP contribution in [0.4, 0.5) is 0 Å². The van der Waals surface area contributed by atoms with Gasteiger partial charge in [0.2, 0.25) is 0 Å². The lowest BCUT2D eigenvalue weighted by atomic mass is 10.2. The molecule has 1 aliphatic rings. The van der Waals surface area contributed by atoms with E-state index in [1.807, 2.05) is 20.8 Å². The Bertz CT molecular complexity index is 273. The molecule has 0 aromatic heterocycles. The molecule has 3 unspecified atom stereocenters. The summed E-state index contributed by atoms with van der Waals surface area (Å²) in [6.07, 6.45) is 1.06. The van der Waals surface area contributed by atoms with E-state index in [9.17, 15) is 9.90 Å². The van der Waals surface area contributed by atoms with Crippen LogP contribution in [0.5, 0.6) is 0 Å². The Morgan fingerprint density at radius 1 is 1.40 bits per heavy atom. The minimum absolute atomic E-state index is 0.137. The third-order valence-corrected chi connectivity index (χ3v) is 3.55. The van der Waals surface area contributed by atoms with Gasteiger partial charge in [-0.3, -0.25) is 4.79 Å². The van der Waals surface area contributed by atoms with E-state index < -0.39 is 6.10 Å². The molecule has 1 aliphatic heterocycles. The highest BCUT2D eigenvalue weighted by molar-refractivity contribution is 5.69. The molecule has 1 heterocycles. The Kier molecular flexibility index (Phi) is 9.80. The van der Waals surface area contributed by atoms with Gasteiger partial charge in [-0.25, -0.2) is 0 Å². The normalized spacial score (nSPS) is 25.8. The third-order valence-electron chi connectivity index (χ3n) is 3.55. The standard InChI is InChI=1S/C13H26NO4.C2H6/c1-4-11(2)18-10-12(15)9-14(3)6-5-13(16)17-8-7-14;1-2/h11-12,15H,4-10H2,1-3H3;1-2H3/q+1;. The Labute approximate surface area is 123 Å². The first-order chi connectivity index (χ1) is 9.45. The first-order valence-corrected chi connectivity index (χ1v) is 7.74. The number of aliphatic hydroxyl groups is 1. The van der Waals surface area contributed by atoms with Crippen molar-refractivity contribution in [2.75, 3.05) is 39.9 Å². The maximum atomic E-state index is 11.2. The zero-order chi connectivity index (χ0) is 15.6. The molecule has 5 nitrogen and oxygen atoms in total. The number of ether oxygens (including phenoxy) is 2. The van der Waals surface area contributed by atoms with E-state index in [-0.39, 0.29) is 12.1 Å². The SMILES string of the molecule is CC.CCC(C)OCC(O)C[N+]1(C)CCOC(=O)CC1. The van der Waals surface area contributed by atoms with E-state index in [0.717, 1.165) is 19.5 Å². The Morgan fingerprint density at radius 3 is 2.65 bits per heavy atom. The predicted octanol–water partition coefficient (Wildman–Crippen LogP) is 1.58. The summed E-state index contributed by atoms with van der Waals surface area (Å²) < 4.78 is 11.2. The van der Waals surface area contributed by atoms with E-state index in [4.69, 9.17) is 9.47 Å². The van der Waals surface area contributed by atoms with Crippen molar-refractivity contribution < 1.29 is 23.9 Å². The predicted molar refractivity (Wildman–Crippen MR) is 79.4 cm³/mol. The van der Waals surface area contributed by atoms with Gasteiger partial charge < -0.3 is 19.1 Å². The van der Waals surface area contributed by atoms with Crippen molar-refractivity contribution in [3.05, 3.63) is 0 Å². The molecule has 0 aromatic carbocycles. The molecule has 1 fully saturated rings. The van der Waals surface area contributed by atoms with Crippen LogP contribution in [0.1, 0.15) is 40.5 Å². The molecule has 5 heteroatoms. The highest BCUT2D eigenvalue weighted by Crippen LogP contribution is 2.11. The van der Waals surface area contributed by atoms with Gasteiger partial charge in [-0.15, -0.1) is 0 Å². The zero-order valence-corrected chi connectivity index (χ0v) is 13.7. The van der Waals surface area contributed by atoms with E-state index in [1.54, 1.807) is 0 Å². The molecule has 0 spiro atoms. The summed E-state index contributed by atoms with van der Waals surface area (Å²) in [4.78, 5) is 11.2. The quantitative estimate of drug-likeness (QED) is 0.596. The average Bonchev–Trinajstić information content (AvgIpc) is 2.60. The summed E-state index contributed by atoms with van der Waals surface area (Å²) in [5, 5.41) is 10.0. The van der Waals surface area contributed by atoms with Crippen LogP contribution < -0.4 is 0 Å². The molecule has 1 rings (SSSR count). The highest BCUT2D eigenvalue weighted by atomic mass is 16.5. The second-order valence-electron chi connectivity index (χ2n) is 5.43. The van der Waals surface area contributed by atoms with Crippen LogP contribution in [0, 0.1) is 0 Å². The molecule has 120 valence electrons. The number of hydrogen-bond acceptors (Lipinski definition) is 4. The molecule has 0 aliphatic carbocycles. The van der Waals surface area contributed by atoms with Crippen molar-refractivity contribution in [1.82, 2.24) is 0 Å². The second-order valence-corrected chi connectivity index (χ2v) is 5.43. The van der Waals surface area contributed by atoms with Crippen molar-refractivity contribution in [1.29, 1.82) is 0 Å². The maximum absolute atomic E-state index is 11.2. The molecule has 1 N–H and O–H groups in total. The van der Waals surface area contributed by atoms with Crippen LogP contribution in [0.15, 0.2) is 0 Å². The fraction of sp³-hybridized carbons (Fsp3) is 0.933. The molecule has 3 atom stereocenters. The lowest BCUT2D eigenvalue weighted by Gasteiger charge is -2.34. The Balaban J connectivity index is 0.00000172. The number of hydrogen-bond donors (Lipinski definition) is 1. The molecule has 0 radical (unpaired) electrons. The van der Waals surface area contributed by atoms with Crippen LogP contribution in [0.3, 0.4) is 0 Å². The molecule has 0 amide bonds. The number of nitrogens with zero attached hydrogens (tertiary/aromatic N) is 1. The van der Waals surface area contributed by atoms with Gasteiger partial charge >= 0.3 is 5.97 Å². The lowest BCUT2D eigenvalue weighted by molar-refractivity contribution is -0.910. The van der Waals surface area contributed by atoms with E-state index in [2.05, 4.69) is 14.0 Å². The van der Waals surface area contributed by atoms with Gasteiger partial charge in [0.25, 0.3) is 0 Å². The summed E-state index contributed by atoms with van der Waals surface area (Å²) >= 11 is 0. The van der Waals surface area contributed by atoms with E-state index in [1.165, 1.54) is 0 Å². The van der Waals surface area contributed by atoms with Crippen molar-refractivity contribution in [2.24, 2.45) is 0 Å². The average molecular weight is 290 g/mol. The Morgan fingerprint density at radius 2 is 2.05 bits per heavy atom. The summed E-state index contributed by atoms with van der Waals surface area (Å²) in [6, 6.07) is 0. The summed E-state index contributed by atoms with van der Waals surface area (Å²) in [5.74, 6) is -0.137. The molecule has 1 saturated heterocycles. The number of likely N-dealkylation sites (N-methyl/N-ethyl adjacent to an activating group) is 1. The number of carbonyl (C=O) groups excluding carboxylic acids is 1. The lowest BCUT2D eigenvalue weighted by Crippen LogP contribution is -2.51. The van der Waals surface area contributed by atoms with Crippen LogP contribution in [0.25, 0.3) is 0 Å². The number of rotatable bonds is 6. The van der Waals surface area contributed by atoms with Crippen molar-refractivity contribution in [2.45, 2.75) is 52.7 Å². The Hall–Kier alpha value is -0.650. The van der Waals surface area contributed by atoms with Gasteiger partial charge in [0, 0.05) is 0 Å². The minimum atomic E-state index is -0.489. The largest absolute Gasteiger partial charge is 0.460 e. The minimum Gasteiger partial charge on any atom is -0.460 e. The summed E-state index contributed by atoms with van der Waals surface area (Å²) in [5.41, 5.74) is 0. The maximum Gasteiger partial charge on any atom is 0.311 e. The topological polar surface area (TPSA) is 55.8 Å². The van der Waals surface area contributed by atoms with E-state index in [0.29, 0.717) is 30.7 Å². The molecule has 20 heavy (non-hydrogen) atoms. The van der Waals surface area contributed by atoms with Gasteiger partial charge in [0.05, 0.1) is 32.7 Å². The summed E-state index contributed by atoms with van der Waals surface area (Å²) in [6.45, 7) is 10.9. The number of esters is 1. The molecule has 0 bridgehead atoms. The number of cyclic esters (lactones) is 1. The zero-order valence-electron chi connectivity index (χ0n) is 13.7. The van der Waals surface area contributed by atoms with Crippen molar-refractivity contribution in [3.8, 4) is 0 Å². The first-order valence-electron chi connectivity index (χ1n) is 7.74. The van der Waals surface area contributed by atoms with Crippen LogP contribution in [0.2, 0.25) is 0 Å². The fourth-order valence-corrected chi connectivity index (χ4v) is 2.06. The molecule has 0 saturated carbocycles. The monoisotopic (exact) mass is 290 g/mol. The smallest absolute Gasteiger partial charge is 0.311 e. The van der Waals surface area contributed by atoms with Gasteiger partial charge in [0.15, 0.2) is 0 Å². The van der Waals surface area contributed by atoms with Crippen molar-refractivity contribution in [3.63, 3.8) is 0 Å². The van der Waals surface area contributed by atoms with Gasteiger partial charge in [-0.1, -0.05) is 20.8 Å². The van der Waals surface area contributed by atoms with Gasteiger partial charge in [0.1, 0.15) is 25.8 Å².